The molecule has 0 aliphatic carbocycles. The van der Waals surface area contributed by atoms with Gasteiger partial charge in [0.2, 0.25) is 10.0 Å². The molecule has 0 amide bonds. The summed E-state index contributed by atoms with van der Waals surface area (Å²) in [6.07, 6.45) is -1.15. The molecule has 0 spiro atoms. The van der Waals surface area contributed by atoms with Gasteiger partial charge in [0.15, 0.2) is 0 Å². The largest absolute Gasteiger partial charge is 0.491 e. The molecule has 0 fully saturated rings. The number of sulfonamides is 1. The molecular formula is C24H28F3N3O3S. The Kier molecular flexibility index (Phi) is 7.91. The zero-order valence-electron chi connectivity index (χ0n) is 19.3. The van der Waals surface area contributed by atoms with Gasteiger partial charge in [-0.3, -0.25) is 9.40 Å². The van der Waals surface area contributed by atoms with Crippen molar-refractivity contribution in [3.8, 4) is 17.0 Å². The van der Waals surface area contributed by atoms with Gasteiger partial charge in [-0.25, -0.2) is 8.42 Å². The Morgan fingerprint density at radius 2 is 1.82 bits per heavy atom. The topological polar surface area (TPSA) is 75.3 Å². The fourth-order valence-electron chi connectivity index (χ4n) is 3.58. The lowest BCUT2D eigenvalue weighted by atomic mass is 10.1. The lowest BCUT2D eigenvalue weighted by molar-refractivity contribution is -0.137. The summed E-state index contributed by atoms with van der Waals surface area (Å²) in [6.45, 7) is 5.53. The Balaban J connectivity index is 1.94. The first-order chi connectivity index (χ1) is 16.0. The fraction of sp³-hybridized carbons (Fsp3) is 0.375. The maximum absolute atomic E-state index is 13.0. The number of aromatic nitrogens is 2. The maximum atomic E-state index is 13.0. The number of hydrogen-bond donors (Lipinski definition) is 1. The van der Waals surface area contributed by atoms with E-state index in [0.717, 1.165) is 25.0 Å². The Bertz CT molecular complexity index is 1190. The van der Waals surface area contributed by atoms with Gasteiger partial charge in [-0.2, -0.15) is 18.3 Å². The van der Waals surface area contributed by atoms with Crippen molar-refractivity contribution in [2.24, 2.45) is 0 Å². The molecule has 1 aromatic heterocycles. The number of alkyl halides is 3. The zero-order chi connectivity index (χ0) is 24.9. The molecule has 0 aliphatic heterocycles. The predicted molar refractivity (Wildman–Crippen MR) is 126 cm³/mol. The Morgan fingerprint density at radius 1 is 1.12 bits per heavy atom. The van der Waals surface area contributed by atoms with E-state index >= 15 is 0 Å². The van der Waals surface area contributed by atoms with Crippen molar-refractivity contribution in [1.29, 1.82) is 0 Å². The number of anilines is 1. The summed E-state index contributed by atoms with van der Waals surface area (Å²) in [6, 6.07) is 11.5. The van der Waals surface area contributed by atoms with Crippen molar-refractivity contribution < 1.29 is 26.3 Å². The molecule has 1 N–H and O–H groups in total. The van der Waals surface area contributed by atoms with E-state index in [2.05, 4.69) is 17.1 Å². The highest BCUT2D eigenvalue weighted by Gasteiger charge is 2.30. The first kappa shape index (κ1) is 25.6. The molecular weight excluding hydrogens is 467 g/mol. The van der Waals surface area contributed by atoms with E-state index in [0.29, 0.717) is 28.3 Å². The average molecular weight is 496 g/mol. The number of halogens is 3. The number of H-pyrrole nitrogens is 1. The minimum atomic E-state index is -4.44. The second-order valence-electron chi connectivity index (χ2n) is 7.97. The number of benzene rings is 2. The first-order valence-corrected chi connectivity index (χ1v) is 12.6. The van der Waals surface area contributed by atoms with Crippen LogP contribution in [0, 0.1) is 0 Å². The number of rotatable bonds is 10. The fourth-order valence-corrected chi connectivity index (χ4v) is 4.66. The smallest absolute Gasteiger partial charge is 0.416 e. The second kappa shape index (κ2) is 10.5. The van der Waals surface area contributed by atoms with E-state index < -0.39 is 21.8 Å². The van der Waals surface area contributed by atoms with Crippen LogP contribution in [-0.2, 0) is 22.7 Å². The normalized spacial score (nSPS) is 13.0. The summed E-state index contributed by atoms with van der Waals surface area (Å²) < 4.78 is 71.9. The van der Waals surface area contributed by atoms with Crippen molar-refractivity contribution in [2.75, 3.05) is 10.1 Å². The van der Waals surface area contributed by atoms with Gasteiger partial charge in [0, 0.05) is 11.6 Å². The third-order valence-corrected chi connectivity index (χ3v) is 7.11. The van der Waals surface area contributed by atoms with Crippen LogP contribution >= 0.6 is 0 Å². The second-order valence-corrected chi connectivity index (χ2v) is 10.1. The molecule has 1 heterocycles. The van der Waals surface area contributed by atoms with E-state index in [1.54, 1.807) is 31.2 Å². The minimum absolute atomic E-state index is 0.0170. The molecule has 34 heavy (non-hydrogen) atoms. The monoisotopic (exact) mass is 495 g/mol. The van der Waals surface area contributed by atoms with E-state index in [1.165, 1.54) is 22.6 Å². The third-order valence-electron chi connectivity index (χ3n) is 5.37. The van der Waals surface area contributed by atoms with Crippen LogP contribution in [0.1, 0.15) is 44.7 Å². The molecule has 0 aliphatic rings. The van der Waals surface area contributed by atoms with Crippen LogP contribution in [-0.4, -0.2) is 30.5 Å². The summed E-state index contributed by atoms with van der Waals surface area (Å²) in [4.78, 5) is 0. The van der Waals surface area contributed by atoms with Crippen molar-refractivity contribution in [1.82, 2.24) is 10.2 Å². The molecule has 184 valence electrons. The van der Waals surface area contributed by atoms with Crippen molar-refractivity contribution in [3.05, 3.63) is 65.9 Å². The summed E-state index contributed by atoms with van der Waals surface area (Å²) in [5.41, 5.74) is 1.13. The summed E-state index contributed by atoms with van der Waals surface area (Å²) in [5, 5.41) is 6.79. The van der Waals surface area contributed by atoms with Crippen molar-refractivity contribution >= 4 is 15.7 Å². The van der Waals surface area contributed by atoms with Crippen LogP contribution in [0.25, 0.3) is 11.3 Å². The molecule has 10 heteroatoms. The number of hydrogen-bond acceptors (Lipinski definition) is 4. The quantitative estimate of drug-likeness (QED) is 0.373. The third kappa shape index (κ3) is 6.11. The number of nitrogens with zero attached hydrogens (tertiary/aromatic N) is 2. The highest BCUT2D eigenvalue weighted by Crippen LogP contribution is 2.33. The average Bonchev–Trinajstić information content (AvgIpc) is 3.25. The molecule has 6 nitrogen and oxygen atoms in total. The summed E-state index contributed by atoms with van der Waals surface area (Å²) in [5.74, 6) is 0.433. The number of aromatic amines is 1. The maximum Gasteiger partial charge on any atom is 0.416 e. The lowest BCUT2D eigenvalue weighted by Crippen LogP contribution is -2.32. The van der Waals surface area contributed by atoms with E-state index in [1.807, 2.05) is 6.92 Å². The Morgan fingerprint density at radius 3 is 2.44 bits per heavy atom. The van der Waals surface area contributed by atoms with Gasteiger partial charge < -0.3 is 4.74 Å². The Hall–Kier alpha value is -3.01. The van der Waals surface area contributed by atoms with Gasteiger partial charge in [-0.05, 0) is 50.1 Å². The standard InChI is InChI=1S/C24H28F3N3O3S/c1-4-7-17(3)33-22-9-6-8-21(14-22)30(34(31,32)5-2)16-19-15-28-29-23(19)18-10-12-20(13-11-18)24(25,26)27/h6,8-15,17H,4-5,7,16H2,1-3H3,(H,28,29). The molecule has 1 unspecified atom stereocenters. The van der Waals surface area contributed by atoms with Gasteiger partial charge in [0.25, 0.3) is 0 Å². The van der Waals surface area contributed by atoms with Crippen molar-refractivity contribution in [2.45, 2.75) is 52.4 Å². The highest BCUT2D eigenvalue weighted by atomic mass is 32.2. The SMILES string of the molecule is CCCC(C)Oc1cccc(N(Cc2cn[nH]c2-c2ccc(C(F)(F)F)cc2)S(=O)(=O)CC)c1. The van der Waals surface area contributed by atoms with Gasteiger partial charge in [-0.15, -0.1) is 0 Å². The minimum Gasteiger partial charge on any atom is -0.491 e. The summed E-state index contributed by atoms with van der Waals surface area (Å²) in [7, 11) is -3.68. The molecule has 0 saturated heterocycles. The van der Waals surface area contributed by atoms with Crippen molar-refractivity contribution in [3.63, 3.8) is 0 Å². The highest BCUT2D eigenvalue weighted by molar-refractivity contribution is 7.92. The van der Waals surface area contributed by atoms with Crippen LogP contribution in [0.3, 0.4) is 0 Å². The molecule has 0 radical (unpaired) electrons. The predicted octanol–water partition coefficient (Wildman–Crippen LogP) is 6.02. The first-order valence-electron chi connectivity index (χ1n) is 11.0. The lowest BCUT2D eigenvalue weighted by Gasteiger charge is -2.25. The van der Waals surface area contributed by atoms with Crippen LogP contribution in [0.5, 0.6) is 5.75 Å². The molecule has 3 rings (SSSR count). The van der Waals surface area contributed by atoms with Gasteiger partial charge in [0.1, 0.15) is 5.75 Å². The van der Waals surface area contributed by atoms with Crippen LogP contribution in [0.4, 0.5) is 18.9 Å². The van der Waals surface area contributed by atoms with E-state index in [9.17, 15) is 21.6 Å². The molecule has 1 atom stereocenters. The Labute approximate surface area is 197 Å². The zero-order valence-corrected chi connectivity index (χ0v) is 20.1. The molecule has 2 aromatic carbocycles. The number of nitrogens with one attached hydrogen (secondary N) is 1. The number of ether oxygens (including phenoxy) is 1. The van der Waals surface area contributed by atoms with Gasteiger partial charge >= 0.3 is 6.18 Å². The van der Waals surface area contributed by atoms with Gasteiger partial charge in [-0.1, -0.05) is 31.5 Å². The summed E-state index contributed by atoms with van der Waals surface area (Å²) >= 11 is 0. The molecule has 3 aromatic rings. The van der Waals surface area contributed by atoms with Crippen LogP contribution in [0.15, 0.2) is 54.7 Å². The van der Waals surface area contributed by atoms with Crippen LogP contribution < -0.4 is 9.04 Å². The molecule has 0 saturated carbocycles. The van der Waals surface area contributed by atoms with Crippen LogP contribution in [0.2, 0.25) is 0 Å². The molecule has 0 bridgehead atoms. The van der Waals surface area contributed by atoms with E-state index in [-0.39, 0.29) is 18.4 Å². The van der Waals surface area contributed by atoms with Gasteiger partial charge in [0.05, 0.1) is 41.5 Å². The van der Waals surface area contributed by atoms with E-state index in [4.69, 9.17) is 4.74 Å².